The lowest BCUT2D eigenvalue weighted by molar-refractivity contribution is -0.137. The molecule has 31 heavy (non-hydrogen) atoms. The number of carbonyl (C=O) groups excluding carboxylic acids is 1. The minimum absolute atomic E-state index is 0.0215. The van der Waals surface area contributed by atoms with Gasteiger partial charge in [-0.2, -0.15) is 13.2 Å². The second kappa shape index (κ2) is 9.40. The third-order valence-corrected chi connectivity index (χ3v) is 6.25. The maximum Gasteiger partial charge on any atom is 0.416 e. The van der Waals surface area contributed by atoms with Crippen LogP contribution in [0.4, 0.5) is 18.9 Å². The molecule has 2 aromatic carbocycles. The first-order valence-electron chi connectivity index (χ1n) is 10.6. The molecule has 0 bridgehead atoms. The van der Waals surface area contributed by atoms with Crippen LogP contribution >= 0.6 is 0 Å². The Bertz CT molecular complexity index is 872. The van der Waals surface area contributed by atoms with Crippen molar-refractivity contribution in [3.63, 3.8) is 0 Å². The molecule has 1 atom stereocenters. The van der Waals surface area contributed by atoms with E-state index in [4.69, 9.17) is 0 Å². The highest BCUT2D eigenvalue weighted by molar-refractivity contribution is 6.03. The Kier molecular flexibility index (Phi) is 7.06. The fraction of sp³-hybridized carbons (Fsp3) is 0.458. The molecule has 1 heterocycles. The van der Waals surface area contributed by atoms with Gasteiger partial charge in [0.15, 0.2) is 5.78 Å². The number of piperazine rings is 1. The summed E-state index contributed by atoms with van der Waals surface area (Å²) in [6, 6.07) is 12.8. The SMILES string of the molecule is CCC(Cc1ccc(C(F)(F)F)cc1)(C(=O)c1ccc(N2CCNCC2)cc1)N(C)C. The molecule has 1 fully saturated rings. The predicted molar refractivity (Wildman–Crippen MR) is 118 cm³/mol. The highest BCUT2D eigenvalue weighted by atomic mass is 19.4. The van der Waals surface area contributed by atoms with Crippen LogP contribution < -0.4 is 10.2 Å². The summed E-state index contributed by atoms with van der Waals surface area (Å²) in [5.74, 6) is -0.0215. The molecule has 1 aliphatic heterocycles. The van der Waals surface area contributed by atoms with Gasteiger partial charge >= 0.3 is 6.18 Å². The molecule has 1 aliphatic rings. The van der Waals surface area contributed by atoms with E-state index in [1.165, 1.54) is 12.1 Å². The van der Waals surface area contributed by atoms with Crippen LogP contribution in [0.5, 0.6) is 0 Å². The number of carbonyl (C=O) groups is 1. The van der Waals surface area contributed by atoms with E-state index >= 15 is 0 Å². The van der Waals surface area contributed by atoms with Crippen molar-refractivity contribution in [2.45, 2.75) is 31.5 Å². The van der Waals surface area contributed by atoms with Crippen molar-refractivity contribution in [3.8, 4) is 0 Å². The summed E-state index contributed by atoms with van der Waals surface area (Å²) in [6.07, 6.45) is -3.49. The molecule has 0 aromatic heterocycles. The van der Waals surface area contributed by atoms with Crippen molar-refractivity contribution in [3.05, 3.63) is 65.2 Å². The van der Waals surface area contributed by atoms with Crippen molar-refractivity contribution in [1.82, 2.24) is 10.2 Å². The number of nitrogens with one attached hydrogen (secondary N) is 1. The fourth-order valence-electron chi connectivity index (χ4n) is 4.21. The summed E-state index contributed by atoms with van der Waals surface area (Å²) >= 11 is 0. The smallest absolute Gasteiger partial charge is 0.369 e. The predicted octanol–water partition coefficient (Wildman–Crippen LogP) is 4.25. The Morgan fingerprint density at radius 3 is 2.06 bits per heavy atom. The van der Waals surface area contributed by atoms with E-state index in [9.17, 15) is 18.0 Å². The molecular formula is C24H30F3N3O. The summed E-state index contributed by atoms with van der Waals surface area (Å²) < 4.78 is 38.7. The number of likely N-dealkylation sites (N-methyl/N-ethyl adjacent to an activating group) is 1. The van der Waals surface area contributed by atoms with E-state index in [2.05, 4.69) is 10.2 Å². The Labute approximate surface area is 182 Å². The number of rotatable bonds is 7. The molecule has 1 saturated heterocycles. The van der Waals surface area contributed by atoms with Gasteiger partial charge < -0.3 is 10.2 Å². The lowest BCUT2D eigenvalue weighted by atomic mass is 9.80. The summed E-state index contributed by atoms with van der Waals surface area (Å²) in [5, 5.41) is 3.33. The third-order valence-electron chi connectivity index (χ3n) is 6.25. The van der Waals surface area contributed by atoms with Crippen LogP contribution in [0.3, 0.4) is 0 Å². The normalized spacial score (nSPS) is 16.9. The van der Waals surface area contributed by atoms with Crippen LogP contribution in [0.1, 0.15) is 34.8 Å². The molecule has 7 heteroatoms. The van der Waals surface area contributed by atoms with Gasteiger partial charge in [-0.05, 0) is 68.9 Å². The topological polar surface area (TPSA) is 35.6 Å². The van der Waals surface area contributed by atoms with E-state index < -0.39 is 17.3 Å². The zero-order valence-electron chi connectivity index (χ0n) is 18.3. The van der Waals surface area contributed by atoms with E-state index in [1.54, 1.807) is 0 Å². The first kappa shape index (κ1) is 23.3. The van der Waals surface area contributed by atoms with Gasteiger partial charge in [0.05, 0.1) is 11.1 Å². The number of nitrogens with zero attached hydrogens (tertiary/aromatic N) is 2. The van der Waals surface area contributed by atoms with Crippen molar-refractivity contribution in [2.24, 2.45) is 0 Å². The maximum absolute atomic E-state index is 13.6. The van der Waals surface area contributed by atoms with E-state index in [0.29, 0.717) is 24.0 Å². The van der Waals surface area contributed by atoms with Crippen LogP contribution in [0.15, 0.2) is 48.5 Å². The summed E-state index contributed by atoms with van der Waals surface area (Å²) in [7, 11) is 3.70. The summed E-state index contributed by atoms with van der Waals surface area (Å²) in [4.78, 5) is 17.8. The van der Waals surface area contributed by atoms with Gasteiger partial charge in [-0.15, -0.1) is 0 Å². The quantitative estimate of drug-likeness (QED) is 0.663. The van der Waals surface area contributed by atoms with Crippen LogP contribution in [0.25, 0.3) is 0 Å². The molecule has 0 saturated carbocycles. The highest BCUT2D eigenvalue weighted by Crippen LogP contribution is 2.32. The lowest BCUT2D eigenvalue weighted by Gasteiger charge is -2.38. The maximum atomic E-state index is 13.6. The number of ketones is 1. The highest BCUT2D eigenvalue weighted by Gasteiger charge is 2.40. The van der Waals surface area contributed by atoms with Gasteiger partial charge in [-0.1, -0.05) is 19.1 Å². The summed E-state index contributed by atoms with van der Waals surface area (Å²) in [6.45, 7) is 5.67. The molecule has 1 N–H and O–H groups in total. The molecule has 4 nitrogen and oxygen atoms in total. The zero-order chi connectivity index (χ0) is 22.6. The van der Waals surface area contributed by atoms with Crippen molar-refractivity contribution >= 4 is 11.5 Å². The second-order valence-corrected chi connectivity index (χ2v) is 8.26. The molecule has 168 valence electrons. The largest absolute Gasteiger partial charge is 0.416 e. The average Bonchev–Trinajstić information content (AvgIpc) is 2.77. The Balaban J connectivity index is 1.84. The number of anilines is 1. The molecule has 0 aliphatic carbocycles. The Morgan fingerprint density at radius 2 is 1.58 bits per heavy atom. The number of hydrogen-bond acceptors (Lipinski definition) is 4. The number of alkyl halides is 3. The van der Waals surface area contributed by atoms with E-state index in [1.807, 2.05) is 50.2 Å². The van der Waals surface area contributed by atoms with Crippen LogP contribution in [0.2, 0.25) is 0 Å². The molecule has 0 spiro atoms. The third kappa shape index (κ3) is 5.10. The van der Waals surface area contributed by atoms with Gasteiger partial charge in [0.2, 0.25) is 0 Å². The van der Waals surface area contributed by atoms with Crippen molar-refractivity contribution < 1.29 is 18.0 Å². The van der Waals surface area contributed by atoms with Crippen molar-refractivity contribution in [1.29, 1.82) is 0 Å². The molecule has 0 radical (unpaired) electrons. The standard InChI is InChI=1S/C24H30F3N3O/c1-4-23(29(2)3,17-18-5-9-20(10-6-18)24(25,26)27)22(31)19-7-11-21(12-8-19)30-15-13-28-14-16-30/h5-12,28H,4,13-17H2,1-3H3. The number of hydrogen-bond donors (Lipinski definition) is 1. The fourth-order valence-corrected chi connectivity index (χ4v) is 4.21. The first-order valence-corrected chi connectivity index (χ1v) is 10.6. The van der Waals surface area contributed by atoms with E-state index in [-0.39, 0.29) is 5.78 Å². The Morgan fingerprint density at radius 1 is 1.00 bits per heavy atom. The molecule has 3 rings (SSSR count). The van der Waals surface area contributed by atoms with Gasteiger partial charge in [0, 0.05) is 37.4 Å². The van der Waals surface area contributed by atoms with Crippen LogP contribution in [0, 0.1) is 0 Å². The average molecular weight is 434 g/mol. The van der Waals surface area contributed by atoms with Gasteiger partial charge in [-0.25, -0.2) is 0 Å². The zero-order valence-corrected chi connectivity index (χ0v) is 18.3. The second-order valence-electron chi connectivity index (χ2n) is 8.26. The molecule has 0 amide bonds. The minimum atomic E-state index is -4.37. The van der Waals surface area contributed by atoms with Crippen LogP contribution in [-0.4, -0.2) is 56.5 Å². The van der Waals surface area contributed by atoms with Crippen molar-refractivity contribution in [2.75, 3.05) is 45.2 Å². The number of benzene rings is 2. The lowest BCUT2D eigenvalue weighted by Crippen LogP contribution is -2.52. The number of halogens is 3. The molecular weight excluding hydrogens is 403 g/mol. The molecule has 2 aromatic rings. The monoisotopic (exact) mass is 433 g/mol. The van der Waals surface area contributed by atoms with E-state index in [0.717, 1.165) is 44.0 Å². The Hall–Kier alpha value is -2.38. The van der Waals surface area contributed by atoms with Gasteiger partial charge in [0.1, 0.15) is 0 Å². The van der Waals surface area contributed by atoms with Crippen LogP contribution in [-0.2, 0) is 12.6 Å². The number of Topliss-reactive ketones (excluding diaryl/α,β-unsaturated/α-hetero) is 1. The first-order chi connectivity index (χ1) is 14.7. The van der Waals surface area contributed by atoms with Gasteiger partial charge in [-0.3, -0.25) is 9.69 Å². The minimum Gasteiger partial charge on any atom is -0.369 e. The summed E-state index contributed by atoms with van der Waals surface area (Å²) in [5.41, 5.74) is 0.887. The molecule has 1 unspecified atom stereocenters. The van der Waals surface area contributed by atoms with Gasteiger partial charge in [0.25, 0.3) is 0 Å².